The number of fused-ring (bicyclic) bond motifs is 1. The molecule has 0 aliphatic heterocycles. The lowest BCUT2D eigenvalue weighted by Gasteiger charge is -2.02. The molecule has 0 saturated heterocycles. The molecule has 5 nitrogen and oxygen atoms in total. The van der Waals surface area contributed by atoms with E-state index in [0.29, 0.717) is 15.3 Å². The van der Waals surface area contributed by atoms with E-state index in [2.05, 4.69) is 10.1 Å². The molecule has 124 valence electrons. The predicted molar refractivity (Wildman–Crippen MR) is 99.1 cm³/mol. The van der Waals surface area contributed by atoms with Crippen LogP contribution in [0.5, 0.6) is 5.75 Å². The van der Waals surface area contributed by atoms with Gasteiger partial charge in [0.2, 0.25) is 4.96 Å². The summed E-state index contributed by atoms with van der Waals surface area (Å²) in [7, 11) is 1.61. The molecule has 2 heterocycles. The van der Waals surface area contributed by atoms with Crippen molar-refractivity contribution in [3.8, 4) is 17.1 Å². The van der Waals surface area contributed by atoms with E-state index < -0.39 is 0 Å². The van der Waals surface area contributed by atoms with Crippen LogP contribution in [0.4, 0.5) is 0 Å². The molecule has 0 aliphatic rings. The molecular formula is C19H15N3O2S. The molecule has 0 atom stereocenters. The number of aryl methyl sites for hydroxylation is 1. The van der Waals surface area contributed by atoms with E-state index in [0.717, 1.165) is 16.9 Å². The maximum atomic E-state index is 12.6. The Morgan fingerprint density at radius 1 is 1.12 bits per heavy atom. The molecule has 25 heavy (non-hydrogen) atoms. The fourth-order valence-corrected chi connectivity index (χ4v) is 3.48. The number of aromatic nitrogens is 3. The minimum atomic E-state index is -0.170. The van der Waals surface area contributed by atoms with Crippen LogP contribution in [0.1, 0.15) is 11.1 Å². The van der Waals surface area contributed by atoms with Crippen LogP contribution in [0.15, 0.2) is 53.3 Å². The highest BCUT2D eigenvalue weighted by Crippen LogP contribution is 2.19. The van der Waals surface area contributed by atoms with Gasteiger partial charge < -0.3 is 4.74 Å². The lowest BCUT2D eigenvalue weighted by atomic mass is 10.1. The molecule has 2 aromatic heterocycles. The molecule has 6 heteroatoms. The van der Waals surface area contributed by atoms with Gasteiger partial charge in [0.15, 0.2) is 5.82 Å². The van der Waals surface area contributed by atoms with Gasteiger partial charge in [-0.25, -0.2) is 0 Å². The minimum Gasteiger partial charge on any atom is -0.496 e. The molecule has 0 radical (unpaired) electrons. The van der Waals surface area contributed by atoms with Crippen LogP contribution >= 0.6 is 11.3 Å². The summed E-state index contributed by atoms with van der Waals surface area (Å²) in [5.41, 5.74) is 2.75. The van der Waals surface area contributed by atoms with Crippen molar-refractivity contribution < 1.29 is 4.74 Å². The quantitative estimate of drug-likeness (QED) is 0.571. The van der Waals surface area contributed by atoms with Crippen molar-refractivity contribution in [2.75, 3.05) is 7.11 Å². The Balaban J connectivity index is 1.82. The van der Waals surface area contributed by atoms with Gasteiger partial charge in [0.05, 0.1) is 11.6 Å². The second-order valence-electron chi connectivity index (χ2n) is 5.65. The van der Waals surface area contributed by atoms with E-state index in [1.807, 2.05) is 61.5 Å². The minimum absolute atomic E-state index is 0.170. The number of nitrogens with zero attached hydrogens (tertiary/aromatic N) is 3. The van der Waals surface area contributed by atoms with Gasteiger partial charge in [0, 0.05) is 11.1 Å². The molecule has 0 amide bonds. The first-order chi connectivity index (χ1) is 12.2. The number of thiazole rings is 1. The number of methoxy groups -OCH3 is 1. The molecule has 4 aromatic rings. The molecule has 0 unspecified atom stereocenters. The summed E-state index contributed by atoms with van der Waals surface area (Å²) in [6, 6.07) is 15.5. The fraction of sp³-hybridized carbons (Fsp3) is 0.105. The molecule has 0 spiro atoms. The summed E-state index contributed by atoms with van der Waals surface area (Å²) >= 11 is 1.32. The Bertz CT molecular complexity index is 1160. The van der Waals surface area contributed by atoms with Gasteiger partial charge >= 0.3 is 0 Å². The van der Waals surface area contributed by atoms with Crippen LogP contribution in [0.25, 0.3) is 22.4 Å². The Kier molecular flexibility index (Phi) is 3.82. The van der Waals surface area contributed by atoms with Crippen LogP contribution in [0, 0.1) is 6.92 Å². The van der Waals surface area contributed by atoms with Crippen LogP contribution in [0.3, 0.4) is 0 Å². The highest BCUT2D eigenvalue weighted by atomic mass is 32.1. The summed E-state index contributed by atoms with van der Waals surface area (Å²) in [6.45, 7) is 2.03. The van der Waals surface area contributed by atoms with Gasteiger partial charge in [-0.1, -0.05) is 59.4 Å². The monoisotopic (exact) mass is 349 g/mol. The predicted octanol–water partition coefficient (Wildman–Crippen LogP) is 2.68. The maximum Gasteiger partial charge on any atom is 0.291 e. The largest absolute Gasteiger partial charge is 0.496 e. The van der Waals surface area contributed by atoms with Crippen LogP contribution in [-0.2, 0) is 0 Å². The van der Waals surface area contributed by atoms with E-state index in [9.17, 15) is 4.79 Å². The van der Waals surface area contributed by atoms with Crippen molar-refractivity contribution in [2.45, 2.75) is 6.92 Å². The number of hydrogen-bond donors (Lipinski definition) is 0. The number of ether oxygens (including phenoxy) is 1. The zero-order chi connectivity index (χ0) is 17.4. The second-order valence-corrected chi connectivity index (χ2v) is 6.66. The summed E-state index contributed by atoms with van der Waals surface area (Å²) < 4.78 is 7.27. The normalized spacial score (nSPS) is 12.0. The summed E-state index contributed by atoms with van der Waals surface area (Å²) in [5.74, 6) is 1.29. The highest BCUT2D eigenvalue weighted by molar-refractivity contribution is 7.15. The van der Waals surface area contributed by atoms with Gasteiger partial charge in [-0.3, -0.25) is 4.79 Å². The topological polar surface area (TPSA) is 56.5 Å². The Labute approximate surface area is 147 Å². The van der Waals surface area contributed by atoms with E-state index in [4.69, 9.17) is 4.74 Å². The molecular weight excluding hydrogens is 334 g/mol. The Hall–Kier alpha value is -2.99. The van der Waals surface area contributed by atoms with Gasteiger partial charge in [0.25, 0.3) is 5.56 Å². The zero-order valence-electron chi connectivity index (χ0n) is 13.8. The van der Waals surface area contributed by atoms with E-state index in [-0.39, 0.29) is 5.56 Å². The van der Waals surface area contributed by atoms with E-state index in [1.54, 1.807) is 7.11 Å². The average Bonchev–Trinajstić information content (AvgIpc) is 3.16. The summed E-state index contributed by atoms with van der Waals surface area (Å²) in [5, 5.41) is 4.37. The average molecular weight is 349 g/mol. The first kappa shape index (κ1) is 15.5. The SMILES string of the molecule is COc1ccccc1C=c1sc2nc(-c3ccc(C)cc3)nn2c1=O. The van der Waals surface area contributed by atoms with Gasteiger partial charge in [-0.05, 0) is 19.1 Å². The van der Waals surface area contributed by atoms with Crippen molar-refractivity contribution in [3.63, 3.8) is 0 Å². The molecule has 0 N–H and O–H groups in total. The third kappa shape index (κ3) is 2.81. The van der Waals surface area contributed by atoms with Gasteiger partial charge in [-0.2, -0.15) is 9.50 Å². The van der Waals surface area contributed by atoms with E-state index in [1.165, 1.54) is 21.4 Å². The third-order valence-electron chi connectivity index (χ3n) is 3.92. The number of para-hydroxylation sites is 1. The number of rotatable bonds is 3. The first-order valence-electron chi connectivity index (χ1n) is 7.77. The summed E-state index contributed by atoms with van der Waals surface area (Å²) in [6.07, 6.45) is 1.81. The van der Waals surface area contributed by atoms with Crippen molar-refractivity contribution in [3.05, 3.63) is 74.5 Å². The number of hydrogen-bond acceptors (Lipinski definition) is 5. The standard InChI is InChI=1S/C19H15N3O2S/c1-12-7-9-13(10-8-12)17-20-19-22(21-17)18(23)16(25-19)11-14-5-3-4-6-15(14)24-2/h3-11H,1-2H3. The maximum absolute atomic E-state index is 12.6. The zero-order valence-corrected chi connectivity index (χ0v) is 14.6. The molecule has 0 bridgehead atoms. The first-order valence-corrected chi connectivity index (χ1v) is 8.59. The van der Waals surface area contributed by atoms with Crippen molar-refractivity contribution in [1.29, 1.82) is 0 Å². The Morgan fingerprint density at radius 3 is 2.60 bits per heavy atom. The lowest BCUT2D eigenvalue weighted by molar-refractivity contribution is 0.414. The van der Waals surface area contributed by atoms with Crippen LogP contribution in [-0.4, -0.2) is 21.7 Å². The van der Waals surface area contributed by atoms with Crippen LogP contribution in [0.2, 0.25) is 0 Å². The van der Waals surface area contributed by atoms with Gasteiger partial charge in [0.1, 0.15) is 5.75 Å². The van der Waals surface area contributed by atoms with Gasteiger partial charge in [-0.15, -0.1) is 5.10 Å². The molecule has 0 saturated carbocycles. The summed E-state index contributed by atoms with van der Waals surface area (Å²) in [4.78, 5) is 17.7. The second kappa shape index (κ2) is 6.14. The fourth-order valence-electron chi connectivity index (χ4n) is 2.59. The Morgan fingerprint density at radius 2 is 1.88 bits per heavy atom. The molecule has 0 aliphatic carbocycles. The molecule has 2 aromatic carbocycles. The smallest absolute Gasteiger partial charge is 0.291 e. The lowest BCUT2D eigenvalue weighted by Crippen LogP contribution is -2.23. The van der Waals surface area contributed by atoms with Crippen molar-refractivity contribution in [2.24, 2.45) is 0 Å². The third-order valence-corrected chi connectivity index (χ3v) is 4.88. The van der Waals surface area contributed by atoms with Crippen molar-refractivity contribution in [1.82, 2.24) is 14.6 Å². The molecule has 0 fully saturated rings. The number of benzene rings is 2. The highest BCUT2D eigenvalue weighted by Gasteiger charge is 2.12. The van der Waals surface area contributed by atoms with E-state index >= 15 is 0 Å². The van der Waals surface area contributed by atoms with Crippen LogP contribution < -0.4 is 14.8 Å². The van der Waals surface area contributed by atoms with Crippen molar-refractivity contribution >= 4 is 22.4 Å². The molecule has 4 rings (SSSR count).